The molecule has 1 nitrogen and oxygen atoms in total. The van der Waals surface area contributed by atoms with Crippen LogP contribution < -0.4 is 29.6 Å². The predicted molar refractivity (Wildman–Crippen MR) is 6.44 cm³/mol. The minimum atomic E-state index is 0. The van der Waals surface area contributed by atoms with Gasteiger partial charge in [-0.3, -0.25) is 0 Å². The summed E-state index contributed by atoms with van der Waals surface area (Å²) in [5.41, 5.74) is 0. The van der Waals surface area contributed by atoms with Crippen molar-refractivity contribution < 1.29 is 56.1 Å². The molecule has 0 saturated heterocycles. The predicted octanol–water partition coefficient (Wildman–Crippen LogP) is -3.50. The van der Waals surface area contributed by atoms with Gasteiger partial charge in [0.15, 0.2) is 0 Å². The van der Waals surface area contributed by atoms with Gasteiger partial charge in [-0.2, -0.15) is 0 Å². The molecule has 0 aliphatic carbocycles. The third kappa shape index (κ3) is 9.12. The maximum absolute atomic E-state index is 0. The van der Waals surface area contributed by atoms with Gasteiger partial charge in [0.05, 0.1) is 0 Å². The van der Waals surface area contributed by atoms with Gasteiger partial charge >= 0.3 is 40.5 Å². The summed E-state index contributed by atoms with van der Waals surface area (Å²) in [5.74, 6) is 0. The van der Waals surface area contributed by atoms with Gasteiger partial charge in [0.2, 0.25) is 0 Å². The zero-order valence-electron chi connectivity index (χ0n) is 2.32. The molecule has 0 aliphatic rings. The molecule has 0 aromatic heterocycles. The van der Waals surface area contributed by atoms with E-state index in [4.69, 9.17) is 0 Å². The fourth-order valence-electron chi connectivity index (χ4n) is 0. The molecule has 0 saturated carbocycles. The van der Waals surface area contributed by atoms with Crippen molar-refractivity contribution in [3.63, 3.8) is 0 Å². The van der Waals surface area contributed by atoms with Crippen molar-refractivity contribution in [3.05, 3.63) is 0 Å². The Kier molecular flexibility index (Phi) is 208. The van der Waals surface area contributed by atoms with E-state index in [1.54, 1.807) is 0 Å². The zero-order valence-corrected chi connectivity index (χ0v) is 8.25. The number of hydrogen-bond donors (Lipinski definition) is 0. The summed E-state index contributed by atoms with van der Waals surface area (Å²) >= 11 is 0. The summed E-state index contributed by atoms with van der Waals surface area (Å²) in [6, 6.07) is 0. The Morgan fingerprint density at radius 3 is 1.00 bits per heavy atom. The van der Waals surface area contributed by atoms with Crippen molar-refractivity contribution >= 4 is 11.0 Å². The Morgan fingerprint density at radius 1 is 1.00 bits per heavy atom. The quantitative estimate of drug-likeness (QED) is 0.400. The van der Waals surface area contributed by atoms with E-state index in [1.165, 1.54) is 0 Å². The van der Waals surface area contributed by atoms with Crippen LogP contribution in [0.5, 0.6) is 0 Å². The molecule has 0 heterocycles. The van der Waals surface area contributed by atoms with E-state index in [0.29, 0.717) is 0 Å². The average molecular weight is 251 g/mol. The molecule has 0 spiro atoms. The Hall–Kier alpha value is 1.87. The van der Waals surface area contributed by atoms with E-state index >= 15 is 0 Å². The van der Waals surface area contributed by atoms with Crippen molar-refractivity contribution in [3.8, 4) is 0 Å². The second-order valence-corrected chi connectivity index (χ2v) is 0. The van der Waals surface area contributed by atoms with Gasteiger partial charge in [0.25, 0.3) is 0 Å². The summed E-state index contributed by atoms with van der Waals surface area (Å²) in [7, 11) is 0. The van der Waals surface area contributed by atoms with Crippen LogP contribution in [0, 0.1) is 0 Å². The van der Waals surface area contributed by atoms with E-state index in [-0.39, 0.29) is 67.1 Å². The van der Waals surface area contributed by atoms with E-state index in [9.17, 15) is 0 Å². The summed E-state index contributed by atoms with van der Waals surface area (Å²) in [6.07, 6.45) is 0. The normalized spacial score (nSPS) is 0. The van der Waals surface area contributed by atoms with Gasteiger partial charge in [-0.1, -0.05) is 0 Å². The molecule has 0 N–H and O–H groups in total. The van der Waals surface area contributed by atoms with Crippen molar-refractivity contribution in [1.82, 2.24) is 0 Å². The maximum atomic E-state index is 0. The van der Waals surface area contributed by atoms with E-state index < -0.39 is 0 Å². The van der Waals surface area contributed by atoms with Crippen molar-refractivity contribution in [2.75, 3.05) is 0 Å². The minimum Gasteiger partial charge on any atom is -2.00 e. The van der Waals surface area contributed by atoms with Crippen LogP contribution in [0.25, 0.3) is 0 Å². The maximum Gasteiger partial charge on any atom is 4.00 e. The second-order valence-electron chi connectivity index (χ2n) is 0. The minimum absolute atomic E-state index is 0. The number of rotatable bonds is 0. The molecule has 0 unspecified atom stereocenters. The molecular weight excluding hydrogens is 251 g/mol. The van der Waals surface area contributed by atoms with Crippen LogP contribution in [-0.2, 0) is 26.5 Å². The Bertz CT molecular complexity index is 8.00. The zero-order chi connectivity index (χ0) is 0. The first-order valence-corrected chi connectivity index (χ1v) is 0. The summed E-state index contributed by atoms with van der Waals surface area (Å²) in [5, 5.41) is 0. The van der Waals surface area contributed by atoms with Crippen LogP contribution in [-0.4, -0.2) is 11.0 Å². The van der Waals surface area contributed by atoms with Crippen LogP contribution in [0.3, 0.4) is 0 Å². The summed E-state index contributed by atoms with van der Waals surface area (Å²) < 4.78 is 0. The Labute approximate surface area is 66.4 Å². The van der Waals surface area contributed by atoms with Gasteiger partial charge in [-0.15, -0.1) is 0 Å². The Balaban J connectivity index is 0. The molecule has 0 aliphatic heterocycles. The van der Waals surface area contributed by atoms with Crippen LogP contribution in [0.2, 0.25) is 0 Å². The Morgan fingerprint density at radius 2 is 1.00 bits per heavy atom. The molecule has 0 radical (unpaired) electrons. The number of hydrogen-bond acceptors (Lipinski definition) is 0. The van der Waals surface area contributed by atoms with Crippen molar-refractivity contribution in [1.29, 1.82) is 0 Å². The van der Waals surface area contributed by atoms with E-state index in [2.05, 4.69) is 0 Å². The molecule has 4 heavy (non-hydrogen) atoms. The molecule has 0 atom stereocenters. The van der Waals surface area contributed by atoms with Crippen LogP contribution in [0.1, 0.15) is 0 Å². The third-order valence-electron chi connectivity index (χ3n) is 0. The summed E-state index contributed by atoms with van der Waals surface area (Å²) in [4.78, 5) is 0. The third-order valence-corrected chi connectivity index (χ3v) is 0. The van der Waals surface area contributed by atoms with Crippen molar-refractivity contribution in [2.24, 2.45) is 0 Å². The largest absolute Gasteiger partial charge is 4.00 e. The van der Waals surface area contributed by atoms with Crippen molar-refractivity contribution in [2.45, 2.75) is 0 Å². The molecule has 0 rings (SSSR count). The molecular formula is NaOSiW+3. The first-order valence-electron chi connectivity index (χ1n) is 0. The van der Waals surface area contributed by atoms with Gasteiger partial charge in [-0.05, 0) is 0 Å². The molecule has 0 bridgehead atoms. The monoisotopic (exact) mass is 251 g/mol. The van der Waals surface area contributed by atoms with Crippen LogP contribution in [0.4, 0.5) is 0 Å². The van der Waals surface area contributed by atoms with Gasteiger partial charge in [-0.25, -0.2) is 0 Å². The van der Waals surface area contributed by atoms with Gasteiger partial charge in [0, 0.05) is 21.1 Å². The molecule has 14 valence electrons. The summed E-state index contributed by atoms with van der Waals surface area (Å²) in [6.45, 7) is 0. The molecule has 0 fully saturated rings. The fourth-order valence-corrected chi connectivity index (χ4v) is 0. The van der Waals surface area contributed by atoms with Crippen LogP contribution >= 0.6 is 0 Å². The fraction of sp³-hybridized carbons (Fsp3) is 0. The SMILES string of the molecule is [Na+].[O-2].[Si+4].[W]. The molecule has 4 heteroatoms. The van der Waals surface area contributed by atoms with E-state index in [1.807, 2.05) is 0 Å². The van der Waals surface area contributed by atoms with Crippen LogP contribution in [0.15, 0.2) is 0 Å². The average Bonchev–Trinajstić information content (AvgIpc) is 0. The van der Waals surface area contributed by atoms with E-state index in [0.717, 1.165) is 0 Å². The van der Waals surface area contributed by atoms with Gasteiger partial charge in [0.1, 0.15) is 0 Å². The second kappa shape index (κ2) is 20.9. The molecule has 0 aromatic rings. The molecule has 0 amide bonds. The first-order chi connectivity index (χ1) is 0. The smallest absolute Gasteiger partial charge is 2.00 e. The topological polar surface area (TPSA) is 28.5 Å². The first kappa shape index (κ1) is 39.9. The van der Waals surface area contributed by atoms with Gasteiger partial charge < -0.3 is 5.48 Å². The molecule has 0 aromatic carbocycles. The standard InChI is InChI=1S/Na.O.Si.W/q+1;-2;+4;.